The van der Waals surface area contributed by atoms with Crippen molar-refractivity contribution in [3.63, 3.8) is 0 Å². The predicted octanol–water partition coefficient (Wildman–Crippen LogP) is 2.67. The summed E-state index contributed by atoms with van der Waals surface area (Å²) in [5.41, 5.74) is 8.23. The van der Waals surface area contributed by atoms with Crippen molar-refractivity contribution in [3.8, 4) is 11.5 Å². The zero-order valence-corrected chi connectivity index (χ0v) is 14.0. The average molecular weight is 306 g/mol. The number of methoxy groups -OCH3 is 2. The van der Waals surface area contributed by atoms with E-state index in [2.05, 4.69) is 11.4 Å². The molecule has 1 atom stereocenters. The first kappa shape index (κ1) is 17.1. The Kier molecular flexibility index (Phi) is 7.00. The molecule has 0 spiro atoms. The molecule has 0 saturated carbocycles. The lowest BCUT2D eigenvalue weighted by molar-refractivity contribution is 0.346. The molecule has 4 heteroatoms. The van der Waals surface area contributed by atoms with Crippen molar-refractivity contribution in [1.82, 2.24) is 5.32 Å². The number of rotatable bonds is 9. The Bertz CT molecular complexity index is 463. The van der Waals surface area contributed by atoms with Crippen molar-refractivity contribution in [2.24, 2.45) is 5.73 Å². The number of nitrogens with two attached hydrogens (primary N) is 1. The minimum atomic E-state index is 0.583. The van der Waals surface area contributed by atoms with Crippen LogP contribution in [0.15, 0.2) is 12.1 Å². The maximum absolute atomic E-state index is 5.55. The van der Waals surface area contributed by atoms with Crippen LogP contribution in [-0.4, -0.2) is 33.4 Å². The summed E-state index contributed by atoms with van der Waals surface area (Å²) in [4.78, 5) is 0. The molecule has 0 amide bonds. The molecule has 1 aliphatic carbocycles. The summed E-state index contributed by atoms with van der Waals surface area (Å²) in [6.45, 7) is 1.93. The molecule has 1 aromatic carbocycles. The number of benzene rings is 1. The second kappa shape index (κ2) is 9.01. The van der Waals surface area contributed by atoms with Crippen LogP contribution in [0.5, 0.6) is 11.5 Å². The van der Waals surface area contributed by atoms with E-state index < -0.39 is 0 Å². The molecule has 2 rings (SSSR count). The molecule has 0 bridgehead atoms. The molecule has 1 aliphatic rings. The van der Waals surface area contributed by atoms with E-state index in [4.69, 9.17) is 15.2 Å². The van der Waals surface area contributed by atoms with Gasteiger partial charge >= 0.3 is 0 Å². The lowest BCUT2D eigenvalue weighted by Crippen LogP contribution is -2.35. The van der Waals surface area contributed by atoms with Gasteiger partial charge in [0.1, 0.15) is 0 Å². The summed E-state index contributed by atoms with van der Waals surface area (Å²) >= 11 is 0. The van der Waals surface area contributed by atoms with Crippen LogP contribution in [0.25, 0.3) is 0 Å². The molecular weight excluding hydrogens is 276 g/mol. The summed E-state index contributed by atoms with van der Waals surface area (Å²) in [6.07, 6.45) is 8.23. The lowest BCUT2D eigenvalue weighted by atomic mass is 9.87. The van der Waals surface area contributed by atoms with Gasteiger partial charge in [0, 0.05) is 11.6 Å². The van der Waals surface area contributed by atoms with Gasteiger partial charge in [-0.3, -0.25) is 0 Å². The fourth-order valence-corrected chi connectivity index (χ4v) is 3.29. The van der Waals surface area contributed by atoms with Crippen LogP contribution in [-0.2, 0) is 12.8 Å². The van der Waals surface area contributed by atoms with Crippen LogP contribution in [0.1, 0.15) is 43.2 Å². The molecule has 22 heavy (non-hydrogen) atoms. The van der Waals surface area contributed by atoms with Gasteiger partial charge in [0.2, 0.25) is 0 Å². The van der Waals surface area contributed by atoms with Crippen LogP contribution in [0, 0.1) is 0 Å². The topological polar surface area (TPSA) is 56.5 Å². The Morgan fingerprint density at radius 3 is 2.68 bits per heavy atom. The van der Waals surface area contributed by atoms with Crippen LogP contribution in [0.3, 0.4) is 0 Å². The molecule has 0 fully saturated rings. The number of unbranched alkanes of at least 4 members (excludes halogenated alkanes) is 3. The first-order valence-corrected chi connectivity index (χ1v) is 8.46. The standard InChI is InChI=1S/C18H30N2O2/c1-21-17-10-7-14-13-15(8-9-16(14)18(17)22-2)20-12-6-4-3-5-11-19/h7,10,15,20H,3-6,8-9,11-13,19H2,1-2H3. The van der Waals surface area contributed by atoms with E-state index in [1.165, 1.54) is 36.8 Å². The van der Waals surface area contributed by atoms with Crippen LogP contribution >= 0.6 is 0 Å². The largest absolute Gasteiger partial charge is 0.493 e. The number of nitrogens with one attached hydrogen (secondary N) is 1. The fraction of sp³-hybridized carbons (Fsp3) is 0.667. The summed E-state index contributed by atoms with van der Waals surface area (Å²) in [7, 11) is 3.42. The van der Waals surface area contributed by atoms with E-state index in [1.807, 2.05) is 6.07 Å². The second-order valence-electron chi connectivity index (χ2n) is 6.04. The number of ether oxygens (including phenoxy) is 2. The van der Waals surface area contributed by atoms with Gasteiger partial charge in [-0.2, -0.15) is 0 Å². The predicted molar refractivity (Wildman–Crippen MR) is 90.9 cm³/mol. The third kappa shape index (κ3) is 4.37. The minimum Gasteiger partial charge on any atom is -0.493 e. The maximum atomic E-state index is 5.55. The van der Waals surface area contributed by atoms with Gasteiger partial charge in [0.05, 0.1) is 14.2 Å². The first-order chi connectivity index (χ1) is 10.8. The van der Waals surface area contributed by atoms with Crippen molar-refractivity contribution in [3.05, 3.63) is 23.3 Å². The van der Waals surface area contributed by atoms with Gasteiger partial charge in [-0.25, -0.2) is 0 Å². The normalized spacial score (nSPS) is 17.1. The molecule has 0 saturated heterocycles. The van der Waals surface area contributed by atoms with E-state index >= 15 is 0 Å². The van der Waals surface area contributed by atoms with Gasteiger partial charge in [-0.1, -0.05) is 18.9 Å². The van der Waals surface area contributed by atoms with E-state index in [9.17, 15) is 0 Å². The molecule has 4 nitrogen and oxygen atoms in total. The smallest absolute Gasteiger partial charge is 0.164 e. The molecule has 0 aromatic heterocycles. The summed E-state index contributed by atoms with van der Waals surface area (Å²) in [6, 6.07) is 4.79. The molecule has 124 valence electrons. The Hall–Kier alpha value is -1.26. The average Bonchev–Trinajstić information content (AvgIpc) is 2.56. The van der Waals surface area contributed by atoms with Gasteiger partial charge < -0.3 is 20.5 Å². The van der Waals surface area contributed by atoms with Gasteiger partial charge in [0.15, 0.2) is 11.5 Å². The highest BCUT2D eigenvalue weighted by molar-refractivity contribution is 5.52. The molecule has 3 N–H and O–H groups in total. The SMILES string of the molecule is COc1ccc2c(c1OC)CCC(NCCCCCCN)C2. The monoisotopic (exact) mass is 306 g/mol. The summed E-state index contributed by atoms with van der Waals surface area (Å²) in [5.74, 6) is 1.76. The van der Waals surface area contributed by atoms with Crippen molar-refractivity contribution < 1.29 is 9.47 Å². The van der Waals surface area contributed by atoms with Crippen LogP contribution in [0.2, 0.25) is 0 Å². The van der Waals surface area contributed by atoms with Crippen LogP contribution < -0.4 is 20.5 Å². The Labute approximate surface area is 134 Å². The molecule has 0 heterocycles. The molecule has 1 unspecified atom stereocenters. The number of hydrogen-bond donors (Lipinski definition) is 2. The zero-order chi connectivity index (χ0) is 15.8. The van der Waals surface area contributed by atoms with E-state index in [1.54, 1.807) is 14.2 Å². The van der Waals surface area contributed by atoms with E-state index in [-0.39, 0.29) is 0 Å². The zero-order valence-electron chi connectivity index (χ0n) is 14.0. The second-order valence-corrected chi connectivity index (χ2v) is 6.04. The van der Waals surface area contributed by atoms with Crippen molar-refractivity contribution >= 4 is 0 Å². The van der Waals surface area contributed by atoms with Gasteiger partial charge in [0.25, 0.3) is 0 Å². The van der Waals surface area contributed by atoms with Gasteiger partial charge in [-0.15, -0.1) is 0 Å². The van der Waals surface area contributed by atoms with E-state index in [0.29, 0.717) is 6.04 Å². The van der Waals surface area contributed by atoms with Crippen LogP contribution in [0.4, 0.5) is 0 Å². The highest BCUT2D eigenvalue weighted by Crippen LogP contribution is 2.37. The maximum Gasteiger partial charge on any atom is 0.164 e. The fourth-order valence-electron chi connectivity index (χ4n) is 3.29. The molecule has 1 aromatic rings. The Morgan fingerprint density at radius 1 is 1.14 bits per heavy atom. The highest BCUT2D eigenvalue weighted by atomic mass is 16.5. The minimum absolute atomic E-state index is 0.583. The molecule has 0 aliphatic heterocycles. The summed E-state index contributed by atoms with van der Waals surface area (Å²) < 4.78 is 10.9. The quantitative estimate of drug-likeness (QED) is 0.689. The number of hydrogen-bond acceptors (Lipinski definition) is 4. The van der Waals surface area contributed by atoms with Crippen molar-refractivity contribution in [2.75, 3.05) is 27.3 Å². The van der Waals surface area contributed by atoms with Crippen molar-refractivity contribution in [1.29, 1.82) is 0 Å². The van der Waals surface area contributed by atoms with Gasteiger partial charge in [-0.05, 0) is 56.8 Å². The molecular formula is C18H30N2O2. The third-order valence-corrected chi connectivity index (χ3v) is 4.52. The number of fused-ring (bicyclic) bond motifs is 1. The van der Waals surface area contributed by atoms with Crippen molar-refractivity contribution in [2.45, 2.75) is 51.0 Å². The van der Waals surface area contributed by atoms with E-state index in [0.717, 1.165) is 43.9 Å². The highest BCUT2D eigenvalue weighted by Gasteiger charge is 2.23. The lowest BCUT2D eigenvalue weighted by Gasteiger charge is -2.27. The third-order valence-electron chi connectivity index (χ3n) is 4.52. The molecule has 0 radical (unpaired) electrons. The Morgan fingerprint density at radius 2 is 1.95 bits per heavy atom. The summed E-state index contributed by atoms with van der Waals surface area (Å²) in [5, 5.41) is 3.70. The Balaban J connectivity index is 1.84. The first-order valence-electron chi connectivity index (χ1n) is 8.46.